The van der Waals surface area contributed by atoms with Crippen molar-refractivity contribution in [1.29, 1.82) is 0 Å². The Kier molecular flexibility index (Phi) is 7.80. The molecule has 0 spiro atoms. The van der Waals surface area contributed by atoms with Crippen LogP contribution in [0.25, 0.3) is 22.3 Å². The zero-order valence-electron chi connectivity index (χ0n) is 18.4. The SMILES string of the molecule is C=C(C)C(=O)OCCc1cc(-c2ccc(-c3ccccc3)c(C)c2)ccc1CCCO. The third-order valence-corrected chi connectivity index (χ3v) is 5.41. The lowest BCUT2D eigenvalue weighted by molar-refractivity contribution is -0.138. The zero-order valence-corrected chi connectivity index (χ0v) is 18.4. The van der Waals surface area contributed by atoms with Crippen LogP contribution < -0.4 is 0 Å². The molecule has 0 aliphatic carbocycles. The standard InChI is InChI=1S/C28H30O3/c1-20(2)28(30)31-17-15-26-19-25(12-11-22(26)10-7-16-29)24-13-14-27(21(3)18-24)23-8-5-4-6-9-23/h4-6,8-9,11-14,18-19,29H,1,7,10,15-17H2,2-3H3. The normalized spacial score (nSPS) is 10.7. The number of rotatable bonds is 9. The van der Waals surface area contributed by atoms with Gasteiger partial charge < -0.3 is 9.84 Å². The van der Waals surface area contributed by atoms with Gasteiger partial charge in [-0.2, -0.15) is 0 Å². The smallest absolute Gasteiger partial charge is 0.333 e. The van der Waals surface area contributed by atoms with Crippen molar-refractivity contribution >= 4 is 5.97 Å². The monoisotopic (exact) mass is 414 g/mol. The first kappa shape index (κ1) is 22.5. The first-order valence-corrected chi connectivity index (χ1v) is 10.7. The molecule has 0 aromatic heterocycles. The summed E-state index contributed by atoms with van der Waals surface area (Å²) in [6, 6.07) is 23.4. The van der Waals surface area contributed by atoms with Gasteiger partial charge in [0, 0.05) is 18.6 Å². The molecule has 0 bridgehead atoms. The highest BCUT2D eigenvalue weighted by Crippen LogP contribution is 2.30. The van der Waals surface area contributed by atoms with Crippen molar-refractivity contribution in [1.82, 2.24) is 0 Å². The van der Waals surface area contributed by atoms with Gasteiger partial charge in [0.2, 0.25) is 0 Å². The van der Waals surface area contributed by atoms with Gasteiger partial charge in [-0.1, -0.05) is 73.3 Å². The quantitative estimate of drug-likeness (QED) is 0.349. The van der Waals surface area contributed by atoms with E-state index in [-0.39, 0.29) is 12.6 Å². The van der Waals surface area contributed by atoms with E-state index in [1.807, 2.05) is 6.07 Å². The molecule has 0 atom stereocenters. The second-order valence-corrected chi connectivity index (χ2v) is 7.87. The van der Waals surface area contributed by atoms with Gasteiger partial charge in [0.1, 0.15) is 0 Å². The highest BCUT2D eigenvalue weighted by atomic mass is 16.5. The van der Waals surface area contributed by atoms with Crippen LogP contribution in [0.1, 0.15) is 30.0 Å². The number of hydrogen-bond donors (Lipinski definition) is 1. The first-order valence-electron chi connectivity index (χ1n) is 10.7. The van der Waals surface area contributed by atoms with E-state index in [0.717, 1.165) is 23.1 Å². The van der Waals surface area contributed by atoms with Gasteiger partial charge in [-0.15, -0.1) is 0 Å². The van der Waals surface area contributed by atoms with Crippen LogP contribution in [0.5, 0.6) is 0 Å². The molecular weight excluding hydrogens is 384 g/mol. The van der Waals surface area contributed by atoms with Gasteiger partial charge >= 0.3 is 5.97 Å². The molecule has 0 aliphatic heterocycles. The molecule has 0 saturated carbocycles. The summed E-state index contributed by atoms with van der Waals surface area (Å²) in [6.07, 6.45) is 2.14. The van der Waals surface area contributed by atoms with E-state index < -0.39 is 0 Å². The van der Waals surface area contributed by atoms with Crippen molar-refractivity contribution in [3.63, 3.8) is 0 Å². The van der Waals surface area contributed by atoms with Gasteiger partial charge in [-0.3, -0.25) is 0 Å². The van der Waals surface area contributed by atoms with Crippen LogP contribution in [-0.2, 0) is 22.4 Å². The van der Waals surface area contributed by atoms with Crippen LogP contribution in [0.2, 0.25) is 0 Å². The Hall–Kier alpha value is -3.17. The van der Waals surface area contributed by atoms with Crippen LogP contribution >= 0.6 is 0 Å². The number of aliphatic hydroxyl groups is 1. The van der Waals surface area contributed by atoms with E-state index >= 15 is 0 Å². The third-order valence-electron chi connectivity index (χ3n) is 5.41. The average Bonchev–Trinajstić information content (AvgIpc) is 2.78. The molecule has 0 heterocycles. The Morgan fingerprint density at radius 3 is 2.29 bits per heavy atom. The Bertz CT molecular complexity index is 1050. The number of aryl methyl sites for hydroxylation is 2. The largest absolute Gasteiger partial charge is 0.462 e. The Labute approximate surface area is 185 Å². The molecular formula is C28H30O3. The summed E-state index contributed by atoms with van der Waals surface area (Å²) in [5, 5.41) is 9.23. The van der Waals surface area contributed by atoms with Crippen molar-refractivity contribution in [3.8, 4) is 22.3 Å². The minimum Gasteiger partial charge on any atom is -0.462 e. The number of ether oxygens (including phenoxy) is 1. The molecule has 0 radical (unpaired) electrons. The molecule has 3 aromatic carbocycles. The van der Waals surface area contributed by atoms with E-state index in [1.165, 1.54) is 22.3 Å². The fraction of sp³-hybridized carbons (Fsp3) is 0.250. The summed E-state index contributed by atoms with van der Waals surface area (Å²) < 4.78 is 5.31. The maximum absolute atomic E-state index is 11.7. The summed E-state index contributed by atoms with van der Waals surface area (Å²) >= 11 is 0. The van der Waals surface area contributed by atoms with Crippen LogP contribution in [0, 0.1) is 6.92 Å². The maximum atomic E-state index is 11.7. The fourth-order valence-electron chi connectivity index (χ4n) is 3.71. The number of carbonyl (C=O) groups is 1. The van der Waals surface area contributed by atoms with E-state index in [4.69, 9.17) is 4.74 Å². The second kappa shape index (κ2) is 10.7. The van der Waals surface area contributed by atoms with Crippen molar-refractivity contribution in [2.45, 2.75) is 33.1 Å². The molecule has 3 aromatic rings. The van der Waals surface area contributed by atoms with Crippen molar-refractivity contribution < 1.29 is 14.6 Å². The number of carbonyl (C=O) groups excluding carboxylic acids is 1. The Morgan fingerprint density at radius 1 is 0.903 bits per heavy atom. The van der Waals surface area contributed by atoms with Gasteiger partial charge in [-0.25, -0.2) is 4.79 Å². The highest BCUT2D eigenvalue weighted by molar-refractivity contribution is 5.86. The van der Waals surface area contributed by atoms with E-state index in [0.29, 0.717) is 25.0 Å². The molecule has 1 N–H and O–H groups in total. The Balaban J connectivity index is 1.86. The van der Waals surface area contributed by atoms with Gasteiger partial charge in [0.05, 0.1) is 6.61 Å². The predicted molar refractivity (Wildman–Crippen MR) is 127 cm³/mol. The van der Waals surface area contributed by atoms with E-state index in [2.05, 4.69) is 74.2 Å². The number of benzene rings is 3. The fourth-order valence-corrected chi connectivity index (χ4v) is 3.71. The van der Waals surface area contributed by atoms with Crippen LogP contribution in [0.3, 0.4) is 0 Å². The van der Waals surface area contributed by atoms with Crippen LogP contribution in [0.4, 0.5) is 0 Å². The molecule has 160 valence electrons. The zero-order chi connectivity index (χ0) is 22.2. The molecule has 0 amide bonds. The number of hydrogen-bond acceptors (Lipinski definition) is 3. The molecule has 0 unspecified atom stereocenters. The average molecular weight is 415 g/mol. The molecule has 3 heteroatoms. The molecule has 0 fully saturated rings. The summed E-state index contributed by atoms with van der Waals surface area (Å²) in [5.74, 6) is -0.361. The van der Waals surface area contributed by atoms with Gasteiger partial charge in [0.15, 0.2) is 0 Å². The third kappa shape index (κ3) is 5.93. The molecule has 0 saturated heterocycles. The second-order valence-electron chi connectivity index (χ2n) is 7.87. The summed E-state index contributed by atoms with van der Waals surface area (Å²) in [7, 11) is 0. The van der Waals surface area contributed by atoms with Crippen molar-refractivity contribution in [2.24, 2.45) is 0 Å². The predicted octanol–water partition coefficient (Wildman–Crippen LogP) is 5.92. The minimum atomic E-state index is -0.361. The lowest BCUT2D eigenvalue weighted by atomic mass is 9.92. The molecule has 0 aliphatic rings. The van der Waals surface area contributed by atoms with Crippen LogP contribution in [0.15, 0.2) is 78.9 Å². The summed E-state index contributed by atoms with van der Waals surface area (Å²) in [5.41, 5.74) is 8.70. The highest BCUT2D eigenvalue weighted by Gasteiger charge is 2.10. The lowest BCUT2D eigenvalue weighted by Crippen LogP contribution is -2.09. The molecule has 31 heavy (non-hydrogen) atoms. The van der Waals surface area contributed by atoms with Crippen molar-refractivity contribution in [3.05, 3.63) is 95.6 Å². The number of esters is 1. The van der Waals surface area contributed by atoms with Crippen molar-refractivity contribution in [2.75, 3.05) is 13.2 Å². The van der Waals surface area contributed by atoms with E-state index in [1.54, 1.807) is 6.92 Å². The summed E-state index contributed by atoms with van der Waals surface area (Å²) in [4.78, 5) is 11.7. The number of aliphatic hydroxyl groups excluding tert-OH is 1. The van der Waals surface area contributed by atoms with Gasteiger partial charge in [-0.05, 0) is 65.6 Å². The topological polar surface area (TPSA) is 46.5 Å². The Morgan fingerprint density at radius 2 is 1.61 bits per heavy atom. The first-order chi connectivity index (χ1) is 15.0. The molecule has 3 rings (SSSR count). The minimum absolute atomic E-state index is 0.159. The lowest BCUT2D eigenvalue weighted by Gasteiger charge is -2.14. The summed E-state index contributed by atoms with van der Waals surface area (Å²) in [6.45, 7) is 7.89. The van der Waals surface area contributed by atoms with E-state index in [9.17, 15) is 9.90 Å². The van der Waals surface area contributed by atoms with Gasteiger partial charge in [0.25, 0.3) is 0 Å². The molecule has 3 nitrogen and oxygen atoms in total. The maximum Gasteiger partial charge on any atom is 0.333 e. The van der Waals surface area contributed by atoms with Crippen LogP contribution in [-0.4, -0.2) is 24.3 Å².